The molecule has 0 aliphatic carbocycles. The van der Waals surface area contributed by atoms with Gasteiger partial charge in [-0.2, -0.15) is 0 Å². The largest absolute Gasteiger partial charge is 0.366 e. The van der Waals surface area contributed by atoms with Gasteiger partial charge in [0.25, 0.3) is 12.1 Å². The van der Waals surface area contributed by atoms with Gasteiger partial charge in [0.15, 0.2) is 0 Å². The Labute approximate surface area is 125 Å². The number of nitro groups is 1. The van der Waals surface area contributed by atoms with Gasteiger partial charge in [-0.25, -0.2) is 13.5 Å². The van der Waals surface area contributed by atoms with Crippen molar-refractivity contribution in [2.75, 3.05) is 5.84 Å². The summed E-state index contributed by atoms with van der Waals surface area (Å²) in [5.41, 5.74) is 4.56. The van der Waals surface area contributed by atoms with Crippen LogP contribution in [0.25, 0.3) is 0 Å². The van der Waals surface area contributed by atoms with E-state index in [-0.39, 0.29) is 15.6 Å². The SMILES string of the molecule is NC(=O)c1ccc(Sc2nnc(C(F)F)n2N)c([N+](=O)[O-])c1. The number of nitrogens with two attached hydrogens (primary N) is 2. The van der Waals surface area contributed by atoms with Gasteiger partial charge in [0.1, 0.15) is 0 Å². The molecule has 1 amide bonds. The van der Waals surface area contributed by atoms with Gasteiger partial charge in [-0.1, -0.05) is 0 Å². The lowest BCUT2D eigenvalue weighted by Gasteiger charge is -2.04. The fraction of sp³-hybridized carbons (Fsp3) is 0.100. The number of primary amides is 1. The van der Waals surface area contributed by atoms with Crippen LogP contribution in [0.2, 0.25) is 0 Å². The second kappa shape index (κ2) is 5.93. The van der Waals surface area contributed by atoms with E-state index in [4.69, 9.17) is 11.6 Å². The van der Waals surface area contributed by atoms with Gasteiger partial charge in [0.2, 0.25) is 16.9 Å². The maximum atomic E-state index is 12.6. The topological polar surface area (TPSA) is 143 Å². The Morgan fingerprint density at radius 2 is 2.09 bits per heavy atom. The molecule has 0 atom stereocenters. The molecular formula is C10H8F2N6O3S. The summed E-state index contributed by atoms with van der Waals surface area (Å²) >= 11 is 0.665. The summed E-state index contributed by atoms with van der Waals surface area (Å²) in [6, 6.07) is 3.50. The number of nitro benzene ring substituents is 1. The average molecular weight is 330 g/mol. The van der Waals surface area contributed by atoms with Crippen LogP contribution in [0.4, 0.5) is 14.5 Å². The highest BCUT2D eigenvalue weighted by Gasteiger charge is 2.23. The molecule has 0 radical (unpaired) electrons. The quantitative estimate of drug-likeness (QED) is 0.474. The lowest BCUT2D eigenvalue weighted by molar-refractivity contribution is -0.387. The lowest BCUT2D eigenvalue weighted by atomic mass is 10.2. The minimum Gasteiger partial charge on any atom is -0.366 e. The van der Waals surface area contributed by atoms with E-state index < -0.39 is 28.8 Å². The number of nitrogen functional groups attached to an aromatic ring is 1. The molecule has 0 aliphatic heterocycles. The standard InChI is InChI=1S/C10H8F2N6O3S/c11-7(12)9-15-16-10(17(9)14)22-6-2-1-4(8(13)19)3-5(6)18(20)21/h1-3,7H,14H2,(H2,13,19). The third-order valence-corrected chi connectivity index (χ3v) is 3.55. The van der Waals surface area contributed by atoms with E-state index in [2.05, 4.69) is 10.2 Å². The Bertz CT molecular complexity index is 750. The molecule has 2 rings (SSSR count). The fourth-order valence-corrected chi connectivity index (χ4v) is 2.35. The monoisotopic (exact) mass is 330 g/mol. The summed E-state index contributed by atoms with van der Waals surface area (Å²) < 4.78 is 25.7. The third-order valence-electron chi connectivity index (χ3n) is 2.53. The molecule has 1 aromatic carbocycles. The second-order valence-electron chi connectivity index (χ2n) is 3.92. The predicted molar refractivity (Wildman–Crippen MR) is 70.9 cm³/mol. The molecule has 0 fully saturated rings. The van der Waals surface area contributed by atoms with Crippen molar-refractivity contribution < 1.29 is 18.5 Å². The maximum Gasteiger partial charge on any atom is 0.299 e. The number of nitrogens with zero attached hydrogens (tertiary/aromatic N) is 4. The summed E-state index contributed by atoms with van der Waals surface area (Å²) in [6.07, 6.45) is -2.93. The number of aromatic nitrogens is 3. The van der Waals surface area contributed by atoms with Crippen molar-refractivity contribution in [2.24, 2.45) is 5.73 Å². The number of carbonyl (C=O) groups is 1. The predicted octanol–water partition coefficient (Wildman–Crippen LogP) is 1.09. The van der Waals surface area contributed by atoms with Crippen molar-refractivity contribution in [3.8, 4) is 0 Å². The molecule has 4 N–H and O–H groups in total. The van der Waals surface area contributed by atoms with Crippen LogP contribution in [-0.2, 0) is 0 Å². The van der Waals surface area contributed by atoms with Gasteiger partial charge in [0, 0.05) is 11.6 Å². The maximum absolute atomic E-state index is 12.6. The van der Waals surface area contributed by atoms with Crippen molar-refractivity contribution in [3.63, 3.8) is 0 Å². The number of rotatable bonds is 5. The highest BCUT2D eigenvalue weighted by molar-refractivity contribution is 7.99. The molecule has 0 aliphatic rings. The summed E-state index contributed by atoms with van der Waals surface area (Å²) in [5, 5.41) is 17.5. The molecule has 2 aromatic rings. The van der Waals surface area contributed by atoms with Crippen LogP contribution >= 0.6 is 11.8 Å². The number of carbonyl (C=O) groups excluding carboxylic acids is 1. The number of amides is 1. The lowest BCUT2D eigenvalue weighted by Crippen LogP contribution is -2.14. The van der Waals surface area contributed by atoms with E-state index >= 15 is 0 Å². The van der Waals surface area contributed by atoms with Crippen molar-refractivity contribution in [2.45, 2.75) is 16.5 Å². The Hall–Kier alpha value is -2.76. The first kappa shape index (κ1) is 15.6. The smallest absolute Gasteiger partial charge is 0.299 e. The van der Waals surface area contributed by atoms with Crippen LogP contribution in [0.1, 0.15) is 22.6 Å². The molecule has 22 heavy (non-hydrogen) atoms. The summed E-state index contributed by atoms with van der Waals surface area (Å²) in [6.45, 7) is 0. The van der Waals surface area contributed by atoms with E-state index in [1.54, 1.807) is 0 Å². The molecule has 0 saturated heterocycles. The summed E-state index contributed by atoms with van der Waals surface area (Å²) in [5.74, 6) is 3.81. The summed E-state index contributed by atoms with van der Waals surface area (Å²) in [4.78, 5) is 21.4. The van der Waals surface area contributed by atoms with Gasteiger partial charge in [-0.05, 0) is 23.9 Å². The minimum atomic E-state index is -2.93. The Kier molecular flexibility index (Phi) is 4.21. The molecule has 116 valence electrons. The van der Waals surface area contributed by atoms with E-state index in [0.717, 1.165) is 6.07 Å². The van der Waals surface area contributed by atoms with Gasteiger partial charge >= 0.3 is 0 Å². The van der Waals surface area contributed by atoms with E-state index in [9.17, 15) is 23.7 Å². The van der Waals surface area contributed by atoms with Gasteiger partial charge in [-0.15, -0.1) is 10.2 Å². The van der Waals surface area contributed by atoms with Crippen LogP contribution in [0.3, 0.4) is 0 Å². The number of hydrogen-bond acceptors (Lipinski definition) is 7. The van der Waals surface area contributed by atoms with Crippen LogP contribution in [0, 0.1) is 10.1 Å². The Balaban J connectivity index is 2.41. The van der Waals surface area contributed by atoms with Crippen molar-refractivity contribution in [1.29, 1.82) is 0 Å². The molecular weight excluding hydrogens is 322 g/mol. The molecule has 1 heterocycles. The van der Waals surface area contributed by atoms with E-state index in [1.807, 2.05) is 0 Å². The zero-order chi connectivity index (χ0) is 16.4. The molecule has 0 spiro atoms. The number of halogens is 2. The molecule has 0 unspecified atom stereocenters. The molecule has 0 bridgehead atoms. The average Bonchev–Trinajstić information content (AvgIpc) is 2.80. The molecule has 0 saturated carbocycles. The fourth-order valence-electron chi connectivity index (χ4n) is 1.50. The normalized spacial score (nSPS) is 10.9. The molecule has 9 nitrogen and oxygen atoms in total. The highest BCUT2D eigenvalue weighted by Crippen LogP contribution is 2.34. The van der Waals surface area contributed by atoms with Gasteiger partial charge < -0.3 is 11.6 Å². The second-order valence-corrected chi connectivity index (χ2v) is 4.93. The number of hydrogen-bond donors (Lipinski definition) is 2. The van der Waals surface area contributed by atoms with Gasteiger partial charge in [0.05, 0.1) is 9.82 Å². The summed E-state index contributed by atoms with van der Waals surface area (Å²) in [7, 11) is 0. The van der Waals surface area contributed by atoms with Crippen molar-refractivity contribution in [1.82, 2.24) is 14.9 Å². The minimum absolute atomic E-state index is 0.0508. The van der Waals surface area contributed by atoms with Crippen LogP contribution in [-0.4, -0.2) is 25.7 Å². The highest BCUT2D eigenvalue weighted by atomic mass is 32.2. The van der Waals surface area contributed by atoms with Crippen LogP contribution < -0.4 is 11.6 Å². The Morgan fingerprint density at radius 3 is 2.59 bits per heavy atom. The Morgan fingerprint density at radius 1 is 1.41 bits per heavy atom. The number of benzene rings is 1. The third kappa shape index (κ3) is 2.95. The van der Waals surface area contributed by atoms with Gasteiger partial charge in [-0.3, -0.25) is 14.9 Å². The number of alkyl halides is 2. The van der Waals surface area contributed by atoms with E-state index in [0.29, 0.717) is 16.4 Å². The zero-order valence-electron chi connectivity index (χ0n) is 10.6. The van der Waals surface area contributed by atoms with Crippen LogP contribution in [0.5, 0.6) is 0 Å². The van der Waals surface area contributed by atoms with Crippen LogP contribution in [0.15, 0.2) is 28.3 Å². The zero-order valence-corrected chi connectivity index (χ0v) is 11.5. The first-order valence-electron chi connectivity index (χ1n) is 5.56. The first-order chi connectivity index (χ1) is 10.3. The van der Waals surface area contributed by atoms with E-state index in [1.165, 1.54) is 12.1 Å². The molecule has 12 heteroatoms. The van der Waals surface area contributed by atoms with Crippen molar-refractivity contribution in [3.05, 3.63) is 39.7 Å². The van der Waals surface area contributed by atoms with Crippen molar-refractivity contribution >= 4 is 23.4 Å². The first-order valence-corrected chi connectivity index (χ1v) is 6.37. The molecule has 1 aromatic heterocycles.